The molecule has 4 heteroatoms. The minimum Gasteiger partial charge on any atom is -0.324 e. The van der Waals surface area contributed by atoms with Gasteiger partial charge in [0.15, 0.2) is 0 Å². The van der Waals surface area contributed by atoms with Crippen molar-refractivity contribution in [3.63, 3.8) is 0 Å². The van der Waals surface area contributed by atoms with Crippen molar-refractivity contribution in [2.45, 2.75) is 33.2 Å². The van der Waals surface area contributed by atoms with E-state index in [9.17, 15) is 4.79 Å². The first-order chi connectivity index (χ1) is 7.79. The lowest BCUT2D eigenvalue weighted by molar-refractivity contribution is -0.115. The Kier molecular flexibility index (Phi) is 2.92. The van der Waals surface area contributed by atoms with Crippen molar-refractivity contribution in [3.8, 4) is 0 Å². The van der Waals surface area contributed by atoms with Crippen molar-refractivity contribution in [1.29, 1.82) is 0 Å². The summed E-state index contributed by atoms with van der Waals surface area (Å²) in [5.41, 5.74) is 8.83. The minimum atomic E-state index is -0.0963. The van der Waals surface area contributed by atoms with Crippen LogP contribution in [0.25, 0.3) is 0 Å². The molecule has 0 spiro atoms. The summed E-state index contributed by atoms with van der Waals surface area (Å²) in [6.45, 7) is 6.26. The predicted octanol–water partition coefficient (Wildman–Crippen LogP) is 2.88. The van der Waals surface area contributed by atoms with Crippen LogP contribution >= 0.6 is 11.6 Å². The maximum atomic E-state index is 11.3. The third kappa shape index (κ3) is 2.31. The van der Waals surface area contributed by atoms with Crippen LogP contribution in [0.4, 0.5) is 5.69 Å². The molecule has 0 radical (unpaired) electrons. The van der Waals surface area contributed by atoms with E-state index in [0.29, 0.717) is 11.4 Å². The second-order valence-corrected chi connectivity index (χ2v) is 6.01. The molecular formula is C13H17ClN2O. The van der Waals surface area contributed by atoms with E-state index < -0.39 is 0 Å². The molecule has 1 heterocycles. The predicted molar refractivity (Wildman–Crippen MR) is 70.2 cm³/mol. The molecule has 1 amide bonds. The number of hydrogen-bond acceptors (Lipinski definition) is 2. The van der Waals surface area contributed by atoms with Crippen molar-refractivity contribution in [2.24, 2.45) is 11.1 Å². The van der Waals surface area contributed by atoms with Crippen LogP contribution in [0.3, 0.4) is 0 Å². The van der Waals surface area contributed by atoms with Gasteiger partial charge in [-0.05, 0) is 22.6 Å². The number of fused-ring (bicyclic) bond motifs is 1. The van der Waals surface area contributed by atoms with Gasteiger partial charge in [0.1, 0.15) is 0 Å². The standard InChI is InChI=1S/C13H17ClN2O/c1-13(2,3)12(15)8-4-7-6-10(17)16-11(7)9(14)5-8/h4-5,12H,6,15H2,1-3H3,(H,16,17). The molecule has 1 aromatic carbocycles. The normalized spacial score (nSPS) is 16.6. The van der Waals surface area contributed by atoms with Gasteiger partial charge in [-0.3, -0.25) is 4.79 Å². The van der Waals surface area contributed by atoms with Crippen molar-refractivity contribution in [1.82, 2.24) is 0 Å². The van der Waals surface area contributed by atoms with Crippen LogP contribution in [0.1, 0.15) is 37.9 Å². The molecule has 1 aromatic rings. The SMILES string of the molecule is CC(C)(C)C(N)c1cc(Cl)c2c(c1)CC(=O)N2. The van der Waals surface area contributed by atoms with E-state index in [0.717, 1.165) is 16.8 Å². The van der Waals surface area contributed by atoms with E-state index in [4.69, 9.17) is 17.3 Å². The first-order valence-electron chi connectivity index (χ1n) is 5.67. The van der Waals surface area contributed by atoms with Crippen LogP contribution in [0.5, 0.6) is 0 Å². The zero-order valence-corrected chi connectivity index (χ0v) is 11.1. The van der Waals surface area contributed by atoms with Gasteiger partial charge in [0, 0.05) is 6.04 Å². The molecule has 1 atom stereocenters. The van der Waals surface area contributed by atoms with Gasteiger partial charge in [0.05, 0.1) is 17.1 Å². The number of anilines is 1. The van der Waals surface area contributed by atoms with E-state index in [-0.39, 0.29) is 17.4 Å². The van der Waals surface area contributed by atoms with Crippen molar-refractivity contribution in [3.05, 3.63) is 28.3 Å². The summed E-state index contributed by atoms with van der Waals surface area (Å²) < 4.78 is 0. The van der Waals surface area contributed by atoms with Crippen LogP contribution in [-0.2, 0) is 11.2 Å². The van der Waals surface area contributed by atoms with Crippen LogP contribution in [0.2, 0.25) is 5.02 Å². The maximum Gasteiger partial charge on any atom is 0.228 e. The fourth-order valence-corrected chi connectivity index (χ4v) is 2.30. The van der Waals surface area contributed by atoms with Crippen molar-refractivity contribution in [2.75, 3.05) is 5.32 Å². The highest BCUT2D eigenvalue weighted by molar-refractivity contribution is 6.34. The number of nitrogens with two attached hydrogens (primary N) is 1. The largest absolute Gasteiger partial charge is 0.324 e. The van der Waals surface area contributed by atoms with E-state index in [1.165, 1.54) is 0 Å². The molecular weight excluding hydrogens is 236 g/mol. The van der Waals surface area contributed by atoms with E-state index in [1.807, 2.05) is 12.1 Å². The Morgan fingerprint density at radius 3 is 2.65 bits per heavy atom. The summed E-state index contributed by atoms with van der Waals surface area (Å²) >= 11 is 6.16. The van der Waals surface area contributed by atoms with Crippen molar-refractivity contribution >= 4 is 23.2 Å². The smallest absolute Gasteiger partial charge is 0.228 e. The zero-order chi connectivity index (χ0) is 12.8. The van der Waals surface area contributed by atoms with Crippen LogP contribution in [0, 0.1) is 5.41 Å². The molecule has 17 heavy (non-hydrogen) atoms. The van der Waals surface area contributed by atoms with E-state index in [2.05, 4.69) is 26.1 Å². The van der Waals surface area contributed by atoms with E-state index in [1.54, 1.807) is 0 Å². The second-order valence-electron chi connectivity index (χ2n) is 5.61. The Balaban J connectivity index is 2.43. The third-order valence-corrected chi connectivity index (χ3v) is 3.40. The fourth-order valence-electron chi connectivity index (χ4n) is 2.00. The van der Waals surface area contributed by atoms with Gasteiger partial charge >= 0.3 is 0 Å². The Morgan fingerprint density at radius 2 is 2.06 bits per heavy atom. The lowest BCUT2D eigenvalue weighted by Gasteiger charge is -2.28. The number of nitrogens with one attached hydrogen (secondary N) is 1. The van der Waals surface area contributed by atoms with Gasteiger partial charge in [-0.25, -0.2) is 0 Å². The lowest BCUT2D eigenvalue weighted by atomic mass is 9.82. The van der Waals surface area contributed by atoms with Gasteiger partial charge in [0.2, 0.25) is 5.91 Å². The summed E-state index contributed by atoms with van der Waals surface area (Å²) in [5, 5.41) is 3.33. The third-order valence-electron chi connectivity index (χ3n) is 3.10. The lowest BCUT2D eigenvalue weighted by Crippen LogP contribution is -2.26. The highest BCUT2D eigenvalue weighted by Crippen LogP contribution is 2.37. The molecule has 1 aliphatic heterocycles. The number of rotatable bonds is 1. The topological polar surface area (TPSA) is 55.1 Å². The molecule has 92 valence electrons. The molecule has 0 aliphatic carbocycles. The summed E-state index contributed by atoms with van der Waals surface area (Å²) in [5.74, 6) is -0.0108. The summed E-state index contributed by atoms with van der Waals surface area (Å²) in [4.78, 5) is 11.3. The monoisotopic (exact) mass is 252 g/mol. The molecule has 2 rings (SSSR count). The number of amides is 1. The molecule has 0 saturated heterocycles. The number of carbonyl (C=O) groups excluding carboxylic acids is 1. The minimum absolute atomic E-state index is 0.0108. The second kappa shape index (κ2) is 4.00. The van der Waals surface area contributed by atoms with E-state index >= 15 is 0 Å². The Hall–Kier alpha value is -1.06. The number of halogens is 1. The van der Waals surface area contributed by atoms with Gasteiger partial charge in [-0.1, -0.05) is 38.4 Å². The van der Waals surface area contributed by atoms with Crippen LogP contribution in [-0.4, -0.2) is 5.91 Å². The molecule has 0 aromatic heterocycles. The number of carbonyl (C=O) groups is 1. The maximum absolute atomic E-state index is 11.3. The molecule has 0 bridgehead atoms. The highest BCUT2D eigenvalue weighted by atomic mass is 35.5. The highest BCUT2D eigenvalue weighted by Gasteiger charge is 2.26. The summed E-state index contributed by atoms with van der Waals surface area (Å²) in [6.07, 6.45) is 0.389. The summed E-state index contributed by atoms with van der Waals surface area (Å²) in [7, 11) is 0. The molecule has 0 fully saturated rings. The molecule has 0 saturated carbocycles. The molecule has 1 aliphatic rings. The first-order valence-corrected chi connectivity index (χ1v) is 6.04. The summed E-state index contributed by atoms with van der Waals surface area (Å²) in [6, 6.07) is 3.73. The number of benzene rings is 1. The Labute approximate surface area is 106 Å². The van der Waals surface area contributed by atoms with Gasteiger partial charge < -0.3 is 11.1 Å². The van der Waals surface area contributed by atoms with Crippen LogP contribution < -0.4 is 11.1 Å². The Bertz CT molecular complexity index is 477. The van der Waals surface area contributed by atoms with Crippen molar-refractivity contribution < 1.29 is 4.79 Å². The quantitative estimate of drug-likeness (QED) is 0.808. The first kappa shape index (κ1) is 12.4. The average Bonchev–Trinajstić information content (AvgIpc) is 2.56. The average molecular weight is 253 g/mol. The molecule has 1 unspecified atom stereocenters. The number of hydrogen-bond donors (Lipinski definition) is 2. The molecule has 3 N–H and O–H groups in total. The van der Waals surface area contributed by atoms with Gasteiger partial charge in [-0.2, -0.15) is 0 Å². The zero-order valence-electron chi connectivity index (χ0n) is 10.3. The molecule has 3 nitrogen and oxygen atoms in total. The van der Waals surface area contributed by atoms with Crippen LogP contribution in [0.15, 0.2) is 12.1 Å². The van der Waals surface area contributed by atoms with Gasteiger partial charge in [0.25, 0.3) is 0 Å². The Morgan fingerprint density at radius 1 is 1.41 bits per heavy atom. The fraction of sp³-hybridized carbons (Fsp3) is 0.462. The van der Waals surface area contributed by atoms with Gasteiger partial charge in [-0.15, -0.1) is 0 Å².